The summed E-state index contributed by atoms with van der Waals surface area (Å²) in [5.74, 6) is -3.91. The number of hydrogen-bond acceptors (Lipinski definition) is 3. The van der Waals surface area contributed by atoms with Crippen LogP contribution in [-0.4, -0.2) is 64.8 Å². The van der Waals surface area contributed by atoms with Crippen LogP contribution < -0.4 is 5.32 Å². The average molecular weight is 211 g/mol. The molecule has 0 unspecified atom stereocenters. The van der Waals surface area contributed by atoms with Gasteiger partial charge in [0.2, 0.25) is 0 Å². The topological polar surface area (TPSA) is 86.6 Å². The van der Waals surface area contributed by atoms with Crippen LogP contribution >= 0.6 is 0 Å². The molecule has 0 bridgehead atoms. The van der Waals surface area contributed by atoms with Gasteiger partial charge in [0.15, 0.2) is 5.92 Å². The molecule has 0 aliphatic carbocycles. The number of hydrogen-bond donors (Lipinski definition) is 3. The number of nitrogens with one attached hydrogen (secondary N) is 1. The molecule has 1 aliphatic rings. The van der Waals surface area contributed by atoms with E-state index in [9.17, 15) is 9.59 Å². The van der Waals surface area contributed by atoms with Crippen LogP contribution in [0.1, 0.15) is 12.8 Å². The van der Waals surface area contributed by atoms with E-state index in [0.29, 0.717) is 25.9 Å². The molecule has 1 fully saturated rings. The second kappa shape index (κ2) is 6.40. The minimum atomic E-state index is -1.23. The van der Waals surface area contributed by atoms with Gasteiger partial charge in [-0.05, 0) is 31.8 Å². The first-order chi connectivity index (χ1) is 6.13. The molecule has 1 aliphatic heterocycles. The Morgan fingerprint density at radius 1 is 1.14 bits per heavy atom. The van der Waals surface area contributed by atoms with Gasteiger partial charge in [-0.25, -0.2) is 0 Å². The predicted octanol–water partition coefficient (Wildman–Crippen LogP) is -0.877. The van der Waals surface area contributed by atoms with E-state index in [1.165, 1.54) is 0 Å². The van der Waals surface area contributed by atoms with E-state index in [1.807, 2.05) is 0 Å². The van der Waals surface area contributed by atoms with Crippen LogP contribution in [0.2, 0.25) is 0 Å². The number of carbonyl (C=O) groups is 2. The van der Waals surface area contributed by atoms with Crippen molar-refractivity contribution in [2.24, 2.45) is 11.8 Å². The van der Waals surface area contributed by atoms with E-state index >= 15 is 0 Å². The molecule has 14 heavy (non-hydrogen) atoms. The van der Waals surface area contributed by atoms with E-state index in [2.05, 4.69) is 5.32 Å². The first kappa shape index (κ1) is 13.9. The molecule has 1 heterocycles. The van der Waals surface area contributed by atoms with Crippen molar-refractivity contribution < 1.29 is 19.8 Å². The van der Waals surface area contributed by atoms with Crippen molar-refractivity contribution in [3.63, 3.8) is 0 Å². The number of rotatable bonds is 3. The zero-order chi connectivity index (χ0) is 9.84. The maximum absolute atomic E-state index is 10.6. The fourth-order valence-electron chi connectivity index (χ4n) is 1.69. The molecule has 1 saturated heterocycles. The predicted molar refractivity (Wildman–Crippen MR) is 51.5 cm³/mol. The zero-order valence-corrected chi connectivity index (χ0v) is 7.19. The van der Waals surface area contributed by atoms with Gasteiger partial charge in [0, 0.05) is 0 Å². The van der Waals surface area contributed by atoms with E-state index in [0.717, 1.165) is 0 Å². The molecule has 0 amide bonds. The summed E-state index contributed by atoms with van der Waals surface area (Å²) < 4.78 is 0. The van der Waals surface area contributed by atoms with E-state index in [-0.39, 0.29) is 35.5 Å². The zero-order valence-electron chi connectivity index (χ0n) is 7.19. The second-order valence-corrected chi connectivity index (χ2v) is 3.24. The molecule has 0 aromatic carbocycles. The van der Waals surface area contributed by atoms with Gasteiger partial charge in [-0.2, -0.15) is 0 Å². The maximum atomic E-state index is 10.6. The first-order valence-corrected chi connectivity index (χ1v) is 4.29. The summed E-state index contributed by atoms with van der Waals surface area (Å²) >= 11 is 0. The third kappa shape index (κ3) is 3.57. The van der Waals surface area contributed by atoms with E-state index < -0.39 is 17.9 Å². The first-order valence-electron chi connectivity index (χ1n) is 4.29. The Bertz CT molecular complexity index is 201. The van der Waals surface area contributed by atoms with Crippen LogP contribution in [-0.2, 0) is 9.59 Å². The molecule has 0 saturated carbocycles. The third-order valence-electron chi connectivity index (χ3n) is 2.39. The van der Waals surface area contributed by atoms with Crippen LogP contribution in [0.5, 0.6) is 0 Å². The quantitative estimate of drug-likeness (QED) is 0.417. The van der Waals surface area contributed by atoms with E-state index in [1.54, 1.807) is 0 Å². The van der Waals surface area contributed by atoms with Crippen molar-refractivity contribution in [3.05, 3.63) is 0 Å². The van der Waals surface area contributed by atoms with Gasteiger partial charge in [-0.3, -0.25) is 9.59 Å². The van der Waals surface area contributed by atoms with Gasteiger partial charge >= 0.3 is 41.5 Å². The van der Waals surface area contributed by atoms with Gasteiger partial charge in [-0.15, -0.1) is 0 Å². The SMILES string of the molecule is O=C(O)C(C(=O)O)C1CCNCC1.[NaH]. The Morgan fingerprint density at radius 2 is 1.57 bits per heavy atom. The normalized spacial score (nSPS) is 17.5. The molecular weight excluding hydrogens is 197 g/mol. The number of carboxylic acid groups (broad SMARTS) is 2. The van der Waals surface area contributed by atoms with Crippen molar-refractivity contribution >= 4 is 41.5 Å². The van der Waals surface area contributed by atoms with Gasteiger partial charge in [-0.1, -0.05) is 0 Å². The van der Waals surface area contributed by atoms with Crippen molar-refractivity contribution in [1.82, 2.24) is 5.32 Å². The van der Waals surface area contributed by atoms with Crippen LogP contribution in [0.4, 0.5) is 0 Å². The summed E-state index contributed by atoms with van der Waals surface area (Å²) in [4.78, 5) is 21.3. The molecule has 0 aromatic rings. The molecule has 76 valence electrons. The minimum absolute atomic E-state index is 0. The fourth-order valence-corrected chi connectivity index (χ4v) is 1.69. The van der Waals surface area contributed by atoms with Crippen LogP contribution in [0.15, 0.2) is 0 Å². The van der Waals surface area contributed by atoms with Gasteiger partial charge in [0.05, 0.1) is 0 Å². The summed E-state index contributed by atoms with van der Waals surface area (Å²) in [7, 11) is 0. The Labute approximate surface area is 104 Å². The molecule has 5 nitrogen and oxygen atoms in total. The monoisotopic (exact) mass is 211 g/mol. The molecule has 3 N–H and O–H groups in total. The number of piperidine rings is 1. The molecule has 6 heteroatoms. The standard InChI is InChI=1S/C8H13NO4.Na.H/c10-7(11)6(8(12)13)5-1-3-9-4-2-5;;/h5-6,9H,1-4H2,(H,10,11)(H,12,13);;. The summed E-state index contributed by atoms with van der Waals surface area (Å²) in [5.41, 5.74) is 0. The Balaban J connectivity index is 0.00000169. The third-order valence-corrected chi connectivity index (χ3v) is 2.39. The molecule has 0 atom stereocenters. The van der Waals surface area contributed by atoms with Crippen molar-refractivity contribution in [2.45, 2.75) is 12.8 Å². The molecular formula is C8H14NNaO4. The molecule has 0 aromatic heterocycles. The van der Waals surface area contributed by atoms with Gasteiger partial charge in [0.25, 0.3) is 0 Å². The van der Waals surface area contributed by atoms with Crippen LogP contribution in [0.3, 0.4) is 0 Å². The number of aliphatic carboxylic acids is 2. The van der Waals surface area contributed by atoms with Crippen molar-refractivity contribution in [1.29, 1.82) is 0 Å². The number of carboxylic acids is 2. The summed E-state index contributed by atoms with van der Waals surface area (Å²) in [6.45, 7) is 1.42. The molecule has 0 spiro atoms. The summed E-state index contributed by atoms with van der Waals surface area (Å²) in [6, 6.07) is 0. The van der Waals surface area contributed by atoms with Gasteiger partial charge < -0.3 is 15.5 Å². The Morgan fingerprint density at radius 3 is 1.93 bits per heavy atom. The second-order valence-electron chi connectivity index (χ2n) is 3.24. The Kier molecular flexibility index (Phi) is 6.35. The summed E-state index contributed by atoms with van der Waals surface area (Å²) in [5, 5.41) is 20.5. The molecule has 1 rings (SSSR count). The van der Waals surface area contributed by atoms with Crippen LogP contribution in [0, 0.1) is 11.8 Å². The fraction of sp³-hybridized carbons (Fsp3) is 0.750. The van der Waals surface area contributed by atoms with Crippen molar-refractivity contribution in [3.8, 4) is 0 Å². The van der Waals surface area contributed by atoms with E-state index in [4.69, 9.17) is 10.2 Å². The molecule has 0 radical (unpaired) electrons. The Hall–Kier alpha value is -0.100. The average Bonchev–Trinajstić information content (AvgIpc) is 2.04. The van der Waals surface area contributed by atoms with Crippen molar-refractivity contribution in [2.75, 3.05) is 13.1 Å². The van der Waals surface area contributed by atoms with Crippen LogP contribution in [0.25, 0.3) is 0 Å². The summed E-state index contributed by atoms with van der Waals surface area (Å²) in [6.07, 6.45) is 1.26. The van der Waals surface area contributed by atoms with Gasteiger partial charge in [0.1, 0.15) is 0 Å².